The maximum atomic E-state index is 4.37. The molecule has 0 aromatic carbocycles. The van der Waals surface area contributed by atoms with Gasteiger partial charge in [0.25, 0.3) is 0 Å². The Morgan fingerprint density at radius 1 is 0.846 bits per heavy atom. The highest BCUT2D eigenvalue weighted by Crippen LogP contribution is 2.12. The minimum atomic E-state index is -0.285. The summed E-state index contributed by atoms with van der Waals surface area (Å²) in [5, 5.41) is 2.85. The third kappa shape index (κ3) is 0.938. The summed E-state index contributed by atoms with van der Waals surface area (Å²) in [7, 11) is -0.285. The molecule has 1 aliphatic heterocycles. The highest BCUT2D eigenvalue weighted by atomic mass is 28.2. The molecule has 0 fully saturated rings. The van der Waals surface area contributed by atoms with Gasteiger partial charge in [-0.2, -0.15) is 0 Å². The zero-order chi connectivity index (χ0) is 8.67. The van der Waals surface area contributed by atoms with E-state index in [0.29, 0.717) is 0 Å². The van der Waals surface area contributed by atoms with Gasteiger partial charge < -0.3 is 0 Å². The molecule has 0 N–H and O–H groups in total. The van der Waals surface area contributed by atoms with Crippen LogP contribution in [0, 0.1) is 0 Å². The van der Waals surface area contributed by atoms with Crippen LogP contribution in [0.15, 0.2) is 36.7 Å². The SMILES string of the molecule is c1cnc2c(c1)[SiH2]c1cccnc1-2. The fourth-order valence-electron chi connectivity index (χ4n) is 1.79. The number of rotatable bonds is 0. The summed E-state index contributed by atoms with van der Waals surface area (Å²) in [4.78, 5) is 8.75. The van der Waals surface area contributed by atoms with Crippen molar-refractivity contribution in [1.82, 2.24) is 9.97 Å². The van der Waals surface area contributed by atoms with Crippen molar-refractivity contribution in [3.8, 4) is 11.4 Å². The van der Waals surface area contributed by atoms with E-state index in [-0.39, 0.29) is 9.52 Å². The van der Waals surface area contributed by atoms with Crippen molar-refractivity contribution in [2.75, 3.05) is 0 Å². The molecular formula is C10H8N2Si. The lowest BCUT2D eigenvalue weighted by Gasteiger charge is -1.96. The second-order valence-corrected chi connectivity index (χ2v) is 5.08. The summed E-state index contributed by atoms with van der Waals surface area (Å²) in [6, 6.07) is 8.38. The van der Waals surface area contributed by atoms with Gasteiger partial charge in [-0.15, -0.1) is 0 Å². The summed E-state index contributed by atoms with van der Waals surface area (Å²) in [6.07, 6.45) is 3.69. The molecule has 0 atom stereocenters. The van der Waals surface area contributed by atoms with Crippen LogP contribution >= 0.6 is 0 Å². The molecule has 3 heterocycles. The number of aromatic nitrogens is 2. The maximum absolute atomic E-state index is 4.37. The molecule has 0 saturated carbocycles. The number of nitrogens with zero attached hydrogens (tertiary/aromatic N) is 2. The first kappa shape index (κ1) is 6.97. The highest BCUT2D eigenvalue weighted by Gasteiger charge is 2.19. The minimum Gasteiger partial charge on any atom is -0.255 e. The quantitative estimate of drug-likeness (QED) is 0.443. The van der Waals surface area contributed by atoms with Crippen molar-refractivity contribution in [3.05, 3.63) is 36.7 Å². The molecular weight excluding hydrogens is 176 g/mol. The summed E-state index contributed by atoms with van der Waals surface area (Å²) in [5.41, 5.74) is 2.23. The van der Waals surface area contributed by atoms with Gasteiger partial charge in [-0.05, 0) is 22.5 Å². The van der Waals surface area contributed by atoms with Gasteiger partial charge in [0.15, 0.2) is 0 Å². The van der Waals surface area contributed by atoms with Crippen LogP contribution in [0.5, 0.6) is 0 Å². The first-order valence-electron chi connectivity index (χ1n) is 4.33. The Kier molecular flexibility index (Phi) is 1.34. The molecule has 2 nitrogen and oxygen atoms in total. The highest BCUT2D eigenvalue weighted by molar-refractivity contribution is 6.72. The number of hydrogen-bond acceptors (Lipinski definition) is 2. The molecule has 3 rings (SSSR count). The molecule has 0 bridgehead atoms. The predicted octanol–water partition coefficient (Wildman–Crippen LogP) is -0.423. The van der Waals surface area contributed by atoms with Gasteiger partial charge in [-0.25, -0.2) is 0 Å². The van der Waals surface area contributed by atoms with Crippen LogP contribution in [0.1, 0.15) is 0 Å². The first-order valence-corrected chi connectivity index (χ1v) is 5.75. The van der Waals surface area contributed by atoms with Crippen LogP contribution < -0.4 is 10.4 Å². The van der Waals surface area contributed by atoms with Gasteiger partial charge in [0.1, 0.15) is 0 Å². The fourth-order valence-corrected chi connectivity index (χ4v) is 3.56. The lowest BCUT2D eigenvalue weighted by molar-refractivity contribution is 1.28. The van der Waals surface area contributed by atoms with Crippen molar-refractivity contribution in [1.29, 1.82) is 0 Å². The van der Waals surface area contributed by atoms with Crippen molar-refractivity contribution >= 4 is 19.9 Å². The normalized spacial score (nSPS) is 12.3. The van der Waals surface area contributed by atoms with Crippen molar-refractivity contribution in [2.45, 2.75) is 0 Å². The van der Waals surface area contributed by atoms with Gasteiger partial charge in [0.05, 0.1) is 20.9 Å². The summed E-state index contributed by atoms with van der Waals surface area (Å²) < 4.78 is 0. The molecule has 0 spiro atoms. The van der Waals surface area contributed by atoms with Crippen molar-refractivity contribution in [2.24, 2.45) is 0 Å². The Bertz CT molecular complexity index is 424. The molecule has 0 radical (unpaired) electrons. The Balaban J connectivity index is 2.32. The average molecular weight is 184 g/mol. The number of fused-ring (bicyclic) bond motifs is 3. The van der Waals surface area contributed by atoms with Gasteiger partial charge >= 0.3 is 0 Å². The van der Waals surface area contributed by atoms with E-state index in [4.69, 9.17) is 0 Å². The summed E-state index contributed by atoms with van der Waals surface area (Å²) >= 11 is 0. The van der Waals surface area contributed by atoms with E-state index in [1.54, 1.807) is 0 Å². The largest absolute Gasteiger partial charge is 0.255 e. The van der Waals surface area contributed by atoms with Gasteiger partial charge in [0, 0.05) is 12.4 Å². The Morgan fingerprint density at radius 3 is 1.92 bits per heavy atom. The van der Waals surface area contributed by atoms with Crippen molar-refractivity contribution in [3.63, 3.8) is 0 Å². The van der Waals surface area contributed by atoms with Crippen LogP contribution in [0.2, 0.25) is 0 Å². The van der Waals surface area contributed by atoms with E-state index < -0.39 is 0 Å². The average Bonchev–Trinajstić information content (AvgIpc) is 2.56. The Morgan fingerprint density at radius 2 is 1.38 bits per heavy atom. The van der Waals surface area contributed by atoms with E-state index in [1.165, 1.54) is 10.4 Å². The monoisotopic (exact) mass is 184 g/mol. The first-order chi connectivity index (χ1) is 6.45. The lowest BCUT2D eigenvalue weighted by Crippen LogP contribution is -2.20. The van der Waals surface area contributed by atoms with Crippen LogP contribution in [-0.2, 0) is 0 Å². The molecule has 0 aliphatic carbocycles. The van der Waals surface area contributed by atoms with Gasteiger partial charge in [-0.1, -0.05) is 12.1 Å². The number of hydrogen-bond donors (Lipinski definition) is 0. The molecule has 13 heavy (non-hydrogen) atoms. The third-order valence-electron chi connectivity index (χ3n) is 2.39. The van der Waals surface area contributed by atoms with Crippen molar-refractivity contribution < 1.29 is 0 Å². The molecule has 62 valence electrons. The Hall–Kier alpha value is -1.48. The third-order valence-corrected chi connectivity index (χ3v) is 4.29. The molecule has 1 aliphatic rings. The smallest absolute Gasteiger partial charge is 0.0933 e. The molecule has 3 heteroatoms. The molecule has 0 unspecified atom stereocenters. The van der Waals surface area contributed by atoms with Crippen LogP contribution in [0.3, 0.4) is 0 Å². The minimum absolute atomic E-state index is 0.285. The standard InChI is InChI=1S/C10H8N2Si/c1-3-7-9(11-5-1)10-8(13-7)4-2-6-12-10/h1-6H,13H2. The molecule has 2 aromatic rings. The molecule has 0 amide bonds. The Labute approximate surface area is 78.5 Å². The zero-order valence-electron chi connectivity index (χ0n) is 7.07. The van der Waals surface area contributed by atoms with E-state index in [2.05, 4.69) is 22.1 Å². The van der Waals surface area contributed by atoms with Crippen LogP contribution in [0.25, 0.3) is 11.4 Å². The van der Waals surface area contributed by atoms with E-state index in [9.17, 15) is 0 Å². The second kappa shape index (κ2) is 2.50. The predicted molar refractivity (Wildman–Crippen MR) is 55.3 cm³/mol. The topological polar surface area (TPSA) is 25.8 Å². The second-order valence-electron chi connectivity index (χ2n) is 3.20. The van der Waals surface area contributed by atoms with E-state index in [1.807, 2.05) is 24.5 Å². The maximum Gasteiger partial charge on any atom is 0.0933 e. The van der Waals surface area contributed by atoms with Gasteiger partial charge in [-0.3, -0.25) is 9.97 Å². The fraction of sp³-hybridized carbons (Fsp3) is 0. The van der Waals surface area contributed by atoms with Crippen LogP contribution in [0.4, 0.5) is 0 Å². The molecule has 2 aromatic heterocycles. The van der Waals surface area contributed by atoms with Gasteiger partial charge in [0.2, 0.25) is 0 Å². The lowest BCUT2D eigenvalue weighted by atomic mass is 10.2. The van der Waals surface area contributed by atoms with Crippen LogP contribution in [-0.4, -0.2) is 19.5 Å². The zero-order valence-corrected chi connectivity index (χ0v) is 8.48. The summed E-state index contributed by atoms with van der Waals surface area (Å²) in [5.74, 6) is 0. The number of pyridine rings is 2. The molecule has 0 saturated heterocycles. The summed E-state index contributed by atoms with van der Waals surface area (Å²) in [6.45, 7) is 0. The van der Waals surface area contributed by atoms with E-state index in [0.717, 1.165) is 11.4 Å². The van der Waals surface area contributed by atoms with E-state index >= 15 is 0 Å².